The quantitative estimate of drug-likeness (QED) is 0.838. The van der Waals surface area contributed by atoms with Crippen LogP contribution in [0.1, 0.15) is 19.3 Å². The number of hydrogen-bond acceptors (Lipinski definition) is 4. The van der Waals surface area contributed by atoms with Crippen molar-refractivity contribution >= 4 is 11.6 Å². The van der Waals surface area contributed by atoms with Crippen molar-refractivity contribution in [2.24, 2.45) is 24.8 Å². The van der Waals surface area contributed by atoms with Crippen LogP contribution in [0.2, 0.25) is 0 Å². The molecule has 1 aromatic heterocycles. The lowest BCUT2D eigenvalue weighted by Gasteiger charge is -2.35. The van der Waals surface area contributed by atoms with Crippen LogP contribution in [0, 0.1) is 17.8 Å². The predicted octanol–water partition coefficient (Wildman–Crippen LogP) is 1.13. The average Bonchev–Trinajstić information content (AvgIpc) is 3.29. The number of carbonyl (C=O) groups excluding carboxylic acids is 1. The van der Waals surface area contributed by atoms with Crippen LogP contribution in [0.3, 0.4) is 0 Å². The van der Waals surface area contributed by atoms with Crippen molar-refractivity contribution in [3.63, 3.8) is 0 Å². The van der Waals surface area contributed by atoms with Gasteiger partial charge in [0.1, 0.15) is 0 Å². The maximum absolute atomic E-state index is 12.7. The van der Waals surface area contributed by atoms with Gasteiger partial charge in [0.05, 0.1) is 11.9 Å². The Morgan fingerprint density at radius 1 is 1.22 bits per heavy atom. The summed E-state index contributed by atoms with van der Waals surface area (Å²) in [4.78, 5) is 17.1. The summed E-state index contributed by atoms with van der Waals surface area (Å²) < 4.78 is 7.27. The van der Waals surface area contributed by atoms with Gasteiger partial charge in [-0.05, 0) is 31.1 Å². The molecule has 2 atom stereocenters. The van der Waals surface area contributed by atoms with Crippen LogP contribution >= 0.6 is 0 Å². The number of ether oxygens (including phenoxy) is 1. The maximum Gasteiger partial charge on any atom is 0.226 e. The van der Waals surface area contributed by atoms with E-state index in [0.717, 1.165) is 70.3 Å². The van der Waals surface area contributed by atoms with Crippen molar-refractivity contribution < 1.29 is 9.53 Å². The minimum atomic E-state index is 0.294. The van der Waals surface area contributed by atoms with Crippen molar-refractivity contribution in [2.75, 3.05) is 44.3 Å². The van der Waals surface area contributed by atoms with Gasteiger partial charge in [0, 0.05) is 58.6 Å². The third kappa shape index (κ3) is 3.09. The zero-order valence-corrected chi connectivity index (χ0v) is 13.9. The van der Waals surface area contributed by atoms with Gasteiger partial charge in [-0.15, -0.1) is 0 Å². The van der Waals surface area contributed by atoms with Gasteiger partial charge in [0.2, 0.25) is 5.91 Å². The van der Waals surface area contributed by atoms with E-state index in [1.54, 1.807) is 0 Å². The third-order valence-electron chi connectivity index (χ3n) is 5.68. The van der Waals surface area contributed by atoms with Gasteiger partial charge in [-0.3, -0.25) is 9.48 Å². The minimum Gasteiger partial charge on any atom is -0.381 e. The third-order valence-corrected chi connectivity index (χ3v) is 5.68. The highest BCUT2D eigenvalue weighted by molar-refractivity contribution is 5.82. The summed E-state index contributed by atoms with van der Waals surface area (Å²) in [6.07, 6.45) is 7.33. The number of anilines is 1. The molecule has 1 aliphatic carbocycles. The van der Waals surface area contributed by atoms with E-state index in [9.17, 15) is 4.79 Å². The first-order chi connectivity index (χ1) is 11.2. The van der Waals surface area contributed by atoms with Crippen molar-refractivity contribution in [1.29, 1.82) is 0 Å². The van der Waals surface area contributed by atoms with Crippen LogP contribution in [0.15, 0.2) is 12.4 Å². The van der Waals surface area contributed by atoms with E-state index in [1.807, 2.05) is 24.1 Å². The molecule has 6 nitrogen and oxygen atoms in total. The number of hydrogen-bond donors (Lipinski definition) is 0. The van der Waals surface area contributed by atoms with Crippen molar-refractivity contribution in [3.8, 4) is 0 Å². The van der Waals surface area contributed by atoms with Gasteiger partial charge in [-0.1, -0.05) is 0 Å². The molecule has 0 aromatic carbocycles. The summed E-state index contributed by atoms with van der Waals surface area (Å²) in [7, 11) is 1.94. The number of amides is 1. The van der Waals surface area contributed by atoms with Crippen LogP contribution in [0.5, 0.6) is 0 Å². The van der Waals surface area contributed by atoms with Gasteiger partial charge in [-0.2, -0.15) is 5.10 Å². The fourth-order valence-electron chi connectivity index (χ4n) is 4.15. The van der Waals surface area contributed by atoms with E-state index < -0.39 is 0 Å². The Labute approximate surface area is 137 Å². The second-order valence-electron chi connectivity index (χ2n) is 7.14. The van der Waals surface area contributed by atoms with E-state index in [1.165, 1.54) is 0 Å². The molecule has 0 bridgehead atoms. The van der Waals surface area contributed by atoms with Crippen molar-refractivity contribution in [2.45, 2.75) is 19.3 Å². The SMILES string of the molecule is Cn1cc(N2CCN(C(=O)[C@@H]3C[C@H]3C3CCOCC3)CC2)cn1. The number of piperazine rings is 1. The largest absolute Gasteiger partial charge is 0.381 e. The Morgan fingerprint density at radius 3 is 2.61 bits per heavy atom. The molecule has 4 rings (SSSR count). The zero-order chi connectivity index (χ0) is 15.8. The molecular weight excluding hydrogens is 292 g/mol. The summed E-state index contributed by atoms with van der Waals surface area (Å²) in [5.74, 6) is 2.03. The molecule has 2 saturated heterocycles. The Bertz CT molecular complexity index is 559. The summed E-state index contributed by atoms with van der Waals surface area (Å²) in [5, 5.41) is 4.23. The second-order valence-corrected chi connectivity index (χ2v) is 7.14. The molecule has 0 unspecified atom stereocenters. The predicted molar refractivity (Wildman–Crippen MR) is 87.1 cm³/mol. The molecule has 3 fully saturated rings. The smallest absolute Gasteiger partial charge is 0.226 e. The Balaban J connectivity index is 1.28. The average molecular weight is 318 g/mol. The molecule has 0 spiro atoms. The lowest BCUT2D eigenvalue weighted by molar-refractivity contribution is -0.133. The molecule has 3 heterocycles. The molecule has 1 saturated carbocycles. The van der Waals surface area contributed by atoms with Gasteiger partial charge in [-0.25, -0.2) is 0 Å². The summed E-state index contributed by atoms with van der Waals surface area (Å²) >= 11 is 0. The van der Waals surface area contributed by atoms with Gasteiger partial charge in [0.25, 0.3) is 0 Å². The first-order valence-corrected chi connectivity index (χ1v) is 8.82. The maximum atomic E-state index is 12.7. The minimum absolute atomic E-state index is 0.294. The molecule has 3 aliphatic rings. The number of nitrogens with zero attached hydrogens (tertiary/aromatic N) is 4. The number of rotatable bonds is 3. The van der Waals surface area contributed by atoms with Gasteiger partial charge < -0.3 is 14.5 Å². The van der Waals surface area contributed by atoms with Crippen LogP contribution < -0.4 is 4.90 Å². The molecule has 0 N–H and O–H groups in total. The first-order valence-electron chi connectivity index (χ1n) is 8.82. The molecule has 6 heteroatoms. The molecule has 23 heavy (non-hydrogen) atoms. The van der Waals surface area contributed by atoms with E-state index in [0.29, 0.717) is 17.7 Å². The van der Waals surface area contributed by atoms with Crippen LogP contribution in [-0.4, -0.2) is 60.0 Å². The lowest BCUT2D eigenvalue weighted by Crippen LogP contribution is -2.49. The molecule has 1 amide bonds. The Morgan fingerprint density at radius 2 is 1.96 bits per heavy atom. The van der Waals surface area contributed by atoms with Crippen LogP contribution in [0.25, 0.3) is 0 Å². The molecule has 0 radical (unpaired) electrons. The fraction of sp³-hybridized carbons (Fsp3) is 0.765. The van der Waals surface area contributed by atoms with Crippen molar-refractivity contribution in [1.82, 2.24) is 14.7 Å². The highest BCUT2D eigenvalue weighted by Gasteiger charge is 2.49. The zero-order valence-electron chi connectivity index (χ0n) is 13.9. The number of aromatic nitrogens is 2. The van der Waals surface area contributed by atoms with Gasteiger partial charge >= 0.3 is 0 Å². The topological polar surface area (TPSA) is 50.6 Å². The molecule has 126 valence electrons. The summed E-state index contributed by atoms with van der Waals surface area (Å²) in [6.45, 7) is 5.26. The van der Waals surface area contributed by atoms with E-state index >= 15 is 0 Å². The van der Waals surface area contributed by atoms with Crippen LogP contribution in [0.4, 0.5) is 5.69 Å². The second kappa shape index (κ2) is 6.15. The van der Waals surface area contributed by atoms with Crippen LogP contribution in [-0.2, 0) is 16.6 Å². The fourth-order valence-corrected chi connectivity index (χ4v) is 4.15. The standard InChI is InChI=1S/C17H26N4O2/c1-19-12-14(11-18-19)20-4-6-21(7-5-20)17(22)16-10-15(16)13-2-8-23-9-3-13/h11-13,15-16H,2-10H2,1H3/t15-,16+/m0/s1. The Hall–Kier alpha value is -1.56. The van der Waals surface area contributed by atoms with E-state index in [4.69, 9.17) is 4.74 Å². The first kappa shape index (κ1) is 15.0. The molecule has 2 aliphatic heterocycles. The molecule has 1 aromatic rings. The van der Waals surface area contributed by atoms with Gasteiger partial charge in [0.15, 0.2) is 0 Å². The number of carbonyl (C=O) groups is 1. The highest BCUT2D eigenvalue weighted by Crippen LogP contribution is 2.48. The summed E-state index contributed by atoms with van der Waals surface area (Å²) in [5.41, 5.74) is 1.16. The highest BCUT2D eigenvalue weighted by atomic mass is 16.5. The van der Waals surface area contributed by atoms with E-state index in [2.05, 4.69) is 14.9 Å². The Kier molecular flexibility index (Phi) is 4.01. The monoisotopic (exact) mass is 318 g/mol. The lowest BCUT2D eigenvalue weighted by atomic mass is 9.93. The molecular formula is C17H26N4O2. The normalized spacial score (nSPS) is 28.9. The van der Waals surface area contributed by atoms with Crippen molar-refractivity contribution in [3.05, 3.63) is 12.4 Å². The summed E-state index contributed by atoms with van der Waals surface area (Å²) in [6, 6.07) is 0. The number of aryl methyl sites for hydroxylation is 1. The van der Waals surface area contributed by atoms with E-state index in [-0.39, 0.29) is 0 Å².